The predicted molar refractivity (Wildman–Crippen MR) is 81.7 cm³/mol. The van der Waals surface area contributed by atoms with E-state index in [0.717, 1.165) is 5.75 Å². The molecule has 2 heteroatoms. The number of halogens is 1. The second-order valence-electron chi connectivity index (χ2n) is 4.58. The largest absolute Gasteiger partial charge is 0.497 e. The lowest BCUT2D eigenvalue weighted by Gasteiger charge is -2.11. The third-order valence-corrected chi connectivity index (χ3v) is 4.23. The first-order valence-electron chi connectivity index (χ1n) is 6.46. The van der Waals surface area contributed by atoms with Gasteiger partial charge >= 0.3 is 0 Å². The van der Waals surface area contributed by atoms with Gasteiger partial charge in [0.25, 0.3) is 0 Å². The molecule has 1 nitrogen and oxygen atoms in total. The van der Waals surface area contributed by atoms with Crippen molar-refractivity contribution in [3.63, 3.8) is 0 Å². The molecule has 0 saturated heterocycles. The summed E-state index contributed by atoms with van der Waals surface area (Å²) in [5.41, 5.74) is 1.36. The smallest absolute Gasteiger partial charge is 0.119 e. The van der Waals surface area contributed by atoms with Gasteiger partial charge in [-0.1, -0.05) is 60.0 Å². The zero-order chi connectivity index (χ0) is 13.0. The molecule has 1 unspecified atom stereocenters. The molecule has 0 saturated carbocycles. The average Bonchev–Trinajstić information content (AvgIpc) is 2.43. The van der Waals surface area contributed by atoms with Crippen LogP contribution in [0.2, 0.25) is 0 Å². The molecule has 0 heterocycles. The Morgan fingerprint density at radius 3 is 2.56 bits per heavy atom. The van der Waals surface area contributed by atoms with Gasteiger partial charge in [0.1, 0.15) is 5.75 Å². The second-order valence-corrected chi connectivity index (χ2v) is 5.69. The molecule has 96 valence electrons. The molecule has 2 aromatic rings. The Kier molecular flexibility index (Phi) is 4.65. The number of rotatable bonds is 5. The van der Waals surface area contributed by atoms with Crippen LogP contribution in [0.15, 0.2) is 36.4 Å². The summed E-state index contributed by atoms with van der Waals surface area (Å²) in [6.07, 6.45) is 3.70. The molecule has 0 aliphatic carbocycles. The van der Waals surface area contributed by atoms with Crippen LogP contribution in [0.3, 0.4) is 0 Å². The van der Waals surface area contributed by atoms with Crippen molar-refractivity contribution in [2.75, 3.05) is 7.11 Å². The van der Waals surface area contributed by atoms with Gasteiger partial charge in [-0.25, -0.2) is 0 Å². The third-order valence-electron chi connectivity index (χ3n) is 3.24. The number of hydrogen-bond acceptors (Lipinski definition) is 1. The van der Waals surface area contributed by atoms with Crippen molar-refractivity contribution in [1.82, 2.24) is 0 Å². The van der Waals surface area contributed by atoms with E-state index >= 15 is 0 Å². The van der Waals surface area contributed by atoms with Crippen molar-refractivity contribution in [2.45, 2.75) is 31.0 Å². The van der Waals surface area contributed by atoms with Crippen LogP contribution in [0, 0.1) is 0 Å². The summed E-state index contributed by atoms with van der Waals surface area (Å²) < 4.78 is 5.24. The lowest BCUT2D eigenvalue weighted by molar-refractivity contribution is 0.415. The standard InChI is InChI=1S/C16H19BrO/c1-3-4-5-16(17)14-7-6-13-11-15(18-2)9-8-12(13)10-14/h6-11,16H,3-5H2,1-2H3. The fourth-order valence-electron chi connectivity index (χ4n) is 2.11. The van der Waals surface area contributed by atoms with Gasteiger partial charge in [0.05, 0.1) is 7.11 Å². The van der Waals surface area contributed by atoms with Crippen LogP contribution in [0.5, 0.6) is 5.75 Å². The van der Waals surface area contributed by atoms with Gasteiger partial charge in [-0.15, -0.1) is 0 Å². The molecule has 0 aromatic heterocycles. The zero-order valence-corrected chi connectivity index (χ0v) is 12.5. The van der Waals surface area contributed by atoms with Crippen molar-refractivity contribution in [1.29, 1.82) is 0 Å². The Balaban J connectivity index is 2.27. The molecule has 0 amide bonds. The summed E-state index contributed by atoms with van der Waals surface area (Å²) in [6, 6.07) is 12.9. The molecular formula is C16H19BrO. The Labute approximate surface area is 117 Å². The quantitative estimate of drug-likeness (QED) is 0.665. The highest BCUT2D eigenvalue weighted by molar-refractivity contribution is 9.09. The number of alkyl halides is 1. The average molecular weight is 307 g/mol. The maximum absolute atomic E-state index is 5.24. The number of ether oxygens (including phenoxy) is 1. The lowest BCUT2D eigenvalue weighted by Crippen LogP contribution is -1.90. The summed E-state index contributed by atoms with van der Waals surface area (Å²) in [5, 5.41) is 2.50. The van der Waals surface area contributed by atoms with Crippen LogP contribution in [-0.2, 0) is 0 Å². The summed E-state index contributed by atoms with van der Waals surface area (Å²) >= 11 is 3.78. The second kappa shape index (κ2) is 6.24. The van der Waals surface area contributed by atoms with Gasteiger partial charge in [0.15, 0.2) is 0 Å². The van der Waals surface area contributed by atoms with Gasteiger partial charge in [-0.05, 0) is 34.9 Å². The van der Waals surface area contributed by atoms with Gasteiger partial charge in [0.2, 0.25) is 0 Å². The number of methoxy groups -OCH3 is 1. The van der Waals surface area contributed by atoms with Crippen LogP contribution in [0.4, 0.5) is 0 Å². The van der Waals surface area contributed by atoms with Crippen molar-refractivity contribution in [2.24, 2.45) is 0 Å². The molecule has 0 bridgehead atoms. The summed E-state index contributed by atoms with van der Waals surface area (Å²) in [6.45, 7) is 2.23. The van der Waals surface area contributed by atoms with Gasteiger partial charge in [-0.2, -0.15) is 0 Å². The molecule has 0 fully saturated rings. The highest BCUT2D eigenvalue weighted by Crippen LogP contribution is 2.31. The Bertz CT molecular complexity index is 521. The minimum Gasteiger partial charge on any atom is -0.497 e. The Hall–Kier alpha value is -1.02. The number of fused-ring (bicyclic) bond motifs is 1. The highest BCUT2D eigenvalue weighted by Gasteiger charge is 2.07. The van der Waals surface area contributed by atoms with E-state index in [1.807, 2.05) is 6.07 Å². The van der Waals surface area contributed by atoms with Gasteiger partial charge in [0, 0.05) is 4.83 Å². The minimum atomic E-state index is 0.462. The van der Waals surface area contributed by atoms with Crippen LogP contribution in [-0.4, -0.2) is 7.11 Å². The number of benzene rings is 2. The Morgan fingerprint density at radius 1 is 1.11 bits per heavy atom. The number of unbranched alkanes of at least 4 members (excludes halogenated alkanes) is 1. The van der Waals surface area contributed by atoms with Crippen molar-refractivity contribution in [3.8, 4) is 5.75 Å². The van der Waals surface area contributed by atoms with Gasteiger partial charge < -0.3 is 4.74 Å². The van der Waals surface area contributed by atoms with E-state index in [1.54, 1.807) is 7.11 Å². The third kappa shape index (κ3) is 3.05. The monoisotopic (exact) mass is 306 g/mol. The maximum Gasteiger partial charge on any atom is 0.119 e. The van der Waals surface area contributed by atoms with Crippen molar-refractivity contribution >= 4 is 26.7 Å². The molecule has 0 N–H and O–H groups in total. The lowest BCUT2D eigenvalue weighted by atomic mass is 10.0. The molecular weight excluding hydrogens is 288 g/mol. The highest BCUT2D eigenvalue weighted by atomic mass is 79.9. The van der Waals surface area contributed by atoms with Crippen molar-refractivity contribution < 1.29 is 4.74 Å². The first kappa shape index (κ1) is 13.4. The molecule has 18 heavy (non-hydrogen) atoms. The topological polar surface area (TPSA) is 9.23 Å². The molecule has 0 aliphatic heterocycles. The summed E-state index contributed by atoms with van der Waals surface area (Å²) in [4.78, 5) is 0.462. The number of hydrogen-bond donors (Lipinski definition) is 0. The van der Waals surface area contributed by atoms with Gasteiger partial charge in [-0.3, -0.25) is 0 Å². The van der Waals surface area contributed by atoms with Crippen LogP contribution in [0.1, 0.15) is 36.6 Å². The minimum absolute atomic E-state index is 0.462. The van der Waals surface area contributed by atoms with Crippen LogP contribution in [0.25, 0.3) is 10.8 Å². The molecule has 1 atom stereocenters. The van der Waals surface area contributed by atoms with Crippen LogP contribution >= 0.6 is 15.9 Å². The predicted octanol–water partition coefficient (Wildman–Crippen LogP) is 5.47. The van der Waals surface area contributed by atoms with E-state index in [9.17, 15) is 0 Å². The normalized spacial score (nSPS) is 12.6. The first-order chi connectivity index (χ1) is 8.74. The molecule has 2 aromatic carbocycles. The van der Waals surface area contributed by atoms with E-state index in [1.165, 1.54) is 35.6 Å². The molecule has 0 aliphatic rings. The zero-order valence-electron chi connectivity index (χ0n) is 10.9. The van der Waals surface area contributed by atoms with Crippen molar-refractivity contribution in [3.05, 3.63) is 42.0 Å². The van der Waals surface area contributed by atoms with Crippen LogP contribution < -0.4 is 4.74 Å². The SMILES string of the molecule is CCCCC(Br)c1ccc2cc(OC)ccc2c1. The molecule has 2 rings (SSSR count). The van der Waals surface area contributed by atoms with E-state index in [2.05, 4.69) is 53.2 Å². The maximum atomic E-state index is 5.24. The summed E-state index contributed by atoms with van der Waals surface area (Å²) in [5.74, 6) is 0.914. The molecule has 0 spiro atoms. The summed E-state index contributed by atoms with van der Waals surface area (Å²) in [7, 11) is 1.70. The van der Waals surface area contributed by atoms with E-state index in [-0.39, 0.29) is 0 Å². The molecule has 0 radical (unpaired) electrons. The fourth-order valence-corrected chi connectivity index (χ4v) is 2.72. The Morgan fingerprint density at radius 2 is 1.83 bits per heavy atom. The van der Waals surface area contributed by atoms with E-state index in [4.69, 9.17) is 4.74 Å². The fraction of sp³-hybridized carbons (Fsp3) is 0.375. The first-order valence-corrected chi connectivity index (χ1v) is 7.38. The van der Waals surface area contributed by atoms with E-state index < -0.39 is 0 Å². The van der Waals surface area contributed by atoms with E-state index in [0.29, 0.717) is 4.83 Å².